The lowest BCUT2D eigenvalue weighted by Gasteiger charge is -2.34. The van der Waals surface area contributed by atoms with Gasteiger partial charge in [-0.1, -0.05) is 0 Å². The summed E-state index contributed by atoms with van der Waals surface area (Å²) in [6, 6.07) is 1.80. The Hall–Kier alpha value is -2.71. The Balaban J connectivity index is 2.03. The zero-order valence-corrected chi connectivity index (χ0v) is 11.5. The van der Waals surface area contributed by atoms with Gasteiger partial charge in [0.25, 0.3) is 11.8 Å². The smallest absolute Gasteiger partial charge is 0.314 e. The number of fused-ring (bicyclic) bond motifs is 4. The first-order valence-corrected chi connectivity index (χ1v) is 6.81. The van der Waals surface area contributed by atoms with E-state index in [4.69, 9.17) is 0 Å². The van der Waals surface area contributed by atoms with Crippen LogP contribution in [0.2, 0.25) is 0 Å². The van der Waals surface area contributed by atoms with Crippen molar-refractivity contribution in [2.45, 2.75) is 24.6 Å². The van der Waals surface area contributed by atoms with Crippen LogP contribution in [0.25, 0.3) is 0 Å². The maximum absolute atomic E-state index is 13.0. The molecule has 0 bridgehead atoms. The van der Waals surface area contributed by atoms with E-state index in [-0.39, 0.29) is 17.7 Å². The number of nitrogens with zero attached hydrogens (tertiary/aromatic N) is 3. The van der Waals surface area contributed by atoms with Crippen molar-refractivity contribution < 1.29 is 22.8 Å². The number of aromatic nitrogens is 3. The number of hydrogen-bond donors (Lipinski definition) is 1. The van der Waals surface area contributed by atoms with Crippen LogP contribution in [0.4, 0.5) is 13.2 Å². The van der Waals surface area contributed by atoms with Crippen molar-refractivity contribution >= 4 is 11.8 Å². The largest absolute Gasteiger partial charge is 0.433 e. The molecule has 6 nitrogen and oxygen atoms in total. The lowest BCUT2D eigenvalue weighted by molar-refractivity contribution is -0.142. The van der Waals surface area contributed by atoms with Crippen molar-refractivity contribution in [3.63, 3.8) is 0 Å². The Morgan fingerprint density at radius 2 is 2.04 bits per heavy atom. The highest BCUT2D eigenvalue weighted by molar-refractivity contribution is 6.12. The third-order valence-electron chi connectivity index (χ3n) is 4.26. The molecule has 1 spiro atoms. The average molecular weight is 322 g/mol. The van der Waals surface area contributed by atoms with Gasteiger partial charge in [-0.3, -0.25) is 14.9 Å². The fourth-order valence-electron chi connectivity index (χ4n) is 3.23. The Morgan fingerprint density at radius 1 is 1.26 bits per heavy atom. The molecule has 0 aromatic carbocycles. The lowest BCUT2D eigenvalue weighted by Crippen LogP contribution is -2.55. The van der Waals surface area contributed by atoms with Crippen LogP contribution in [0.5, 0.6) is 0 Å². The van der Waals surface area contributed by atoms with E-state index in [0.717, 1.165) is 12.1 Å². The second-order valence-electron chi connectivity index (χ2n) is 5.45. The highest BCUT2D eigenvalue weighted by Crippen LogP contribution is 2.42. The standard InChI is InChI=1S/C14H9F3N4O2/c15-14(16,17)8-2-1-7-10(19-8)13(12(23)20-11(7)22)4-3-9-18-5-6-21(9)13/h1-2,5-6H,3-4H2,(H,20,22,23). The average Bonchev–Trinajstić information content (AvgIpc) is 3.06. The van der Waals surface area contributed by atoms with Gasteiger partial charge in [-0.05, 0) is 18.6 Å². The molecule has 0 fully saturated rings. The number of hydrogen-bond acceptors (Lipinski definition) is 4. The molecule has 1 N–H and O–H groups in total. The first-order valence-electron chi connectivity index (χ1n) is 6.81. The fourth-order valence-corrected chi connectivity index (χ4v) is 3.23. The maximum Gasteiger partial charge on any atom is 0.433 e. The predicted octanol–water partition coefficient (Wildman–Crippen LogP) is 1.26. The van der Waals surface area contributed by atoms with Gasteiger partial charge < -0.3 is 4.57 Å². The number of amides is 2. The fraction of sp³-hybridized carbons (Fsp3) is 0.286. The molecule has 9 heteroatoms. The van der Waals surface area contributed by atoms with Gasteiger partial charge >= 0.3 is 6.18 Å². The van der Waals surface area contributed by atoms with Crippen LogP contribution in [0, 0.1) is 0 Å². The molecule has 1 unspecified atom stereocenters. The lowest BCUT2D eigenvalue weighted by atomic mass is 9.84. The number of nitrogens with one attached hydrogen (secondary N) is 1. The third kappa shape index (κ3) is 1.70. The second-order valence-corrected chi connectivity index (χ2v) is 5.45. The molecule has 2 amide bonds. The molecule has 2 aliphatic heterocycles. The molecule has 0 radical (unpaired) electrons. The summed E-state index contributed by atoms with van der Waals surface area (Å²) in [5.41, 5.74) is -2.79. The van der Waals surface area contributed by atoms with Crippen LogP contribution >= 0.6 is 0 Å². The van der Waals surface area contributed by atoms with Crippen molar-refractivity contribution in [3.05, 3.63) is 47.3 Å². The number of aryl methyl sites for hydroxylation is 1. The van der Waals surface area contributed by atoms with E-state index in [0.29, 0.717) is 12.2 Å². The van der Waals surface area contributed by atoms with Crippen molar-refractivity contribution in [1.29, 1.82) is 0 Å². The number of imidazole rings is 1. The zero-order chi connectivity index (χ0) is 16.4. The highest BCUT2D eigenvalue weighted by atomic mass is 19.4. The van der Waals surface area contributed by atoms with Gasteiger partial charge in [-0.2, -0.15) is 13.2 Å². The minimum absolute atomic E-state index is 0.0286. The van der Waals surface area contributed by atoms with Crippen molar-refractivity contribution in [3.8, 4) is 0 Å². The summed E-state index contributed by atoms with van der Waals surface area (Å²) in [6.45, 7) is 0. The van der Waals surface area contributed by atoms with E-state index in [1.807, 2.05) is 0 Å². The van der Waals surface area contributed by atoms with E-state index in [1.165, 1.54) is 17.0 Å². The van der Waals surface area contributed by atoms with E-state index < -0.39 is 29.2 Å². The van der Waals surface area contributed by atoms with Crippen LogP contribution in [0.3, 0.4) is 0 Å². The van der Waals surface area contributed by atoms with Gasteiger partial charge in [0.15, 0.2) is 5.54 Å². The molecule has 1 atom stereocenters. The number of carbonyl (C=O) groups excluding carboxylic acids is 2. The number of rotatable bonds is 0. The number of carbonyl (C=O) groups is 2. The molecular formula is C14H9F3N4O2. The molecule has 118 valence electrons. The van der Waals surface area contributed by atoms with E-state index >= 15 is 0 Å². The van der Waals surface area contributed by atoms with E-state index in [1.54, 1.807) is 0 Å². The Morgan fingerprint density at radius 3 is 2.78 bits per heavy atom. The first-order chi connectivity index (χ1) is 10.8. The molecule has 4 heterocycles. The SMILES string of the molecule is O=C1NC(=O)C2(CCc3nccn32)c2nc(C(F)(F)F)ccc21. The molecule has 0 aliphatic carbocycles. The summed E-state index contributed by atoms with van der Waals surface area (Å²) in [6.07, 6.45) is -1.07. The first kappa shape index (κ1) is 13.9. The number of halogens is 3. The molecule has 2 aliphatic rings. The summed E-state index contributed by atoms with van der Waals surface area (Å²) in [4.78, 5) is 32.2. The van der Waals surface area contributed by atoms with Crippen LogP contribution in [-0.4, -0.2) is 26.3 Å². The number of imide groups is 1. The van der Waals surface area contributed by atoms with Crippen LogP contribution in [0.1, 0.15) is 34.0 Å². The highest BCUT2D eigenvalue weighted by Gasteiger charge is 2.54. The van der Waals surface area contributed by atoms with Gasteiger partial charge in [0.05, 0.1) is 11.3 Å². The molecular weight excluding hydrogens is 313 g/mol. The van der Waals surface area contributed by atoms with Gasteiger partial charge in [-0.25, -0.2) is 9.97 Å². The minimum Gasteiger partial charge on any atom is -0.314 e. The Bertz CT molecular complexity index is 858. The summed E-state index contributed by atoms with van der Waals surface area (Å²) >= 11 is 0. The normalized spacial score (nSPS) is 22.9. The number of alkyl halides is 3. The summed E-state index contributed by atoms with van der Waals surface area (Å²) < 4.78 is 40.5. The molecule has 4 rings (SSSR count). The van der Waals surface area contributed by atoms with Crippen molar-refractivity contribution in [2.75, 3.05) is 0 Å². The summed E-state index contributed by atoms with van der Waals surface area (Å²) in [5.74, 6) is -0.858. The second kappa shape index (κ2) is 4.18. The Kier molecular flexibility index (Phi) is 2.53. The van der Waals surface area contributed by atoms with Gasteiger partial charge in [0.1, 0.15) is 11.5 Å². The summed E-state index contributed by atoms with van der Waals surface area (Å²) in [5, 5.41) is 2.21. The van der Waals surface area contributed by atoms with Crippen molar-refractivity contribution in [2.24, 2.45) is 0 Å². The van der Waals surface area contributed by atoms with Crippen LogP contribution in [-0.2, 0) is 22.9 Å². The van der Waals surface area contributed by atoms with Gasteiger partial charge in [-0.15, -0.1) is 0 Å². The van der Waals surface area contributed by atoms with Gasteiger partial charge in [0, 0.05) is 18.8 Å². The van der Waals surface area contributed by atoms with Crippen LogP contribution in [0.15, 0.2) is 24.5 Å². The molecule has 0 saturated carbocycles. The molecule has 0 saturated heterocycles. The molecule has 2 aromatic heterocycles. The topological polar surface area (TPSA) is 76.9 Å². The number of pyridine rings is 1. The predicted molar refractivity (Wildman–Crippen MR) is 69.3 cm³/mol. The molecule has 23 heavy (non-hydrogen) atoms. The monoisotopic (exact) mass is 322 g/mol. The zero-order valence-electron chi connectivity index (χ0n) is 11.5. The van der Waals surface area contributed by atoms with Crippen molar-refractivity contribution in [1.82, 2.24) is 19.9 Å². The quantitative estimate of drug-likeness (QED) is 0.741. The van der Waals surface area contributed by atoms with E-state index in [2.05, 4.69) is 15.3 Å². The maximum atomic E-state index is 13.0. The van der Waals surface area contributed by atoms with Gasteiger partial charge in [0.2, 0.25) is 0 Å². The molecule has 2 aromatic rings. The van der Waals surface area contributed by atoms with E-state index in [9.17, 15) is 22.8 Å². The summed E-state index contributed by atoms with van der Waals surface area (Å²) in [7, 11) is 0. The minimum atomic E-state index is -4.66. The van der Waals surface area contributed by atoms with Crippen LogP contribution < -0.4 is 5.32 Å². The Labute approximate surface area is 127 Å². The third-order valence-corrected chi connectivity index (χ3v) is 4.26.